The molecule has 1 aromatic heterocycles. The van der Waals surface area contributed by atoms with Gasteiger partial charge in [-0.1, -0.05) is 12.1 Å². The van der Waals surface area contributed by atoms with E-state index in [-0.39, 0.29) is 11.6 Å². The molecule has 1 heterocycles. The maximum atomic E-state index is 13.7. The number of fused-ring (bicyclic) bond motifs is 1. The summed E-state index contributed by atoms with van der Waals surface area (Å²) in [5, 5.41) is 0. The Labute approximate surface area is 113 Å². The largest absolute Gasteiger partial charge is 0.328 e. The zero-order valence-corrected chi connectivity index (χ0v) is 10.9. The number of aromatic nitrogens is 2. The number of aryl methyl sites for hydroxylation is 1. The number of benzene rings is 2. The highest BCUT2D eigenvalue weighted by atomic mass is 32.1. The summed E-state index contributed by atoms with van der Waals surface area (Å²) in [5.41, 5.74) is 2.05. The van der Waals surface area contributed by atoms with Gasteiger partial charge in [-0.2, -0.15) is 0 Å². The quantitative estimate of drug-likeness (QED) is 0.658. The molecule has 0 aliphatic carbocycles. The fourth-order valence-corrected chi connectivity index (χ4v) is 2.38. The molecule has 2 aromatic carbocycles. The molecule has 19 heavy (non-hydrogen) atoms. The molecular formula is C14H10F2N2S. The van der Waals surface area contributed by atoms with Crippen molar-refractivity contribution in [2.75, 3.05) is 0 Å². The van der Waals surface area contributed by atoms with E-state index in [2.05, 4.69) is 4.98 Å². The zero-order valence-electron chi connectivity index (χ0n) is 10.1. The van der Waals surface area contributed by atoms with Gasteiger partial charge in [0, 0.05) is 0 Å². The Morgan fingerprint density at radius 1 is 1.11 bits per heavy atom. The van der Waals surface area contributed by atoms with Gasteiger partial charge < -0.3 is 4.98 Å². The third-order valence-electron chi connectivity index (χ3n) is 3.08. The molecular weight excluding hydrogens is 266 g/mol. The van der Waals surface area contributed by atoms with Crippen LogP contribution in [0.1, 0.15) is 5.56 Å². The predicted molar refractivity (Wildman–Crippen MR) is 73.1 cm³/mol. The first-order chi connectivity index (χ1) is 9.08. The second kappa shape index (κ2) is 4.28. The van der Waals surface area contributed by atoms with Gasteiger partial charge in [-0.3, -0.25) is 4.57 Å². The van der Waals surface area contributed by atoms with Gasteiger partial charge in [0.2, 0.25) is 0 Å². The van der Waals surface area contributed by atoms with Crippen molar-refractivity contribution in [3.8, 4) is 5.69 Å². The van der Waals surface area contributed by atoms with Crippen molar-refractivity contribution in [1.82, 2.24) is 9.55 Å². The normalized spacial score (nSPS) is 11.1. The van der Waals surface area contributed by atoms with Crippen LogP contribution < -0.4 is 0 Å². The third-order valence-corrected chi connectivity index (χ3v) is 3.37. The van der Waals surface area contributed by atoms with Gasteiger partial charge in [-0.05, 0) is 49.0 Å². The molecule has 0 radical (unpaired) electrons. The monoisotopic (exact) mass is 276 g/mol. The Morgan fingerprint density at radius 3 is 2.63 bits per heavy atom. The van der Waals surface area contributed by atoms with Gasteiger partial charge >= 0.3 is 0 Å². The summed E-state index contributed by atoms with van der Waals surface area (Å²) in [6, 6.07) is 9.51. The van der Waals surface area contributed by atoms with Crippen molar-refractivity contribution < 1.29 is 8.78 Å². The Balaban J connectivity index is 2.36. The number of H-pyrrole nitrogens is 1. The average molecular weight is 276 g/mol. The predicted octanol–water partition coefficient (Wildman–Crippen LogP) is 4.27. The first-order valence-corrected chi connectivity index (χ1v) is 6.14. The minimum atomic E-state index is -0.380. The summed E-state index contributed by atoms with van der Waals surface area (Å²) < 4.78 is 29.3. The van der Waals surface area contributed by atoms with Gasteiger partial charge in [0.1, 0.15) is 17.2 Å². The van der Waals surface area contributed by atoms with Crippen molar-refractivity contribution in [3.05, 3.63) is 58.4 Å². The van der Waals surface area contributed by atoms with Crippen molar-refractivity contribution in [3.63, 3.8) is 0 Å². The number of imidazole rings is 1. The van der Waals surface area contributed by atoms with Crippen LogP contribution in [0.4, 0.5) is 8.78 Å². The summed E-state index contributed by atoms with van der Waals surface area (Å²) in [6.45, 7) is 1.69. The van der Waals surface area contributed by atoms with E-state index in [9.17, 15) is 8.78 Å². The number of aromatic amines is 1. The van der Waals surface area contributed by atoms with Crippen LogP contribution in [0.15, 0.2) is 36.4 Å². The summed E-state index contributed by atoms with van der Waals surface area (Å²) >= 11 is 5.19. The number of nitrogens with zero attached hydrogens (tertiary/aromatic N) is 1. The number of rotatable bonds is 1. The second-order valence-electron chi connectivity index (χ2n) is 4.33. The first kappa shape index (κ1) is 12.0. The molecule has 0 spiro atoms. The molecule has 0 amide bonds. The molecule has 0 atom stereocenters. The molecule has 2 nitrogen and oxygen atoms in total. The van der Waals surface area contributed by atoms with Gasteiger partial charge in [0.05, 0.1) is 11.2 Å². The van der Waals surface area contributed by atoms with Crippen molar-refractivity contribution in [1.29, 1.82) is 0 Å². The molecule has 0 bridgehead atoms. The molecule has 3 aromatic rings. The summed E-state index contributed by atoms with van der Waals surface area (Å²) in [4.78, 5) is 2.81. The fraction of sp³-hybridized carbons (Fsp3) is 0.0714. The lowest BCUT2D eigenvalue weighted by Gasteiger charge is -2.06. The summed E-state index contributed by atoms with van der Waals surface area (Å²) in [5.74, 6) is -0.694. The molecule has 3 rings (SSSR count). The molecule has 0 unspecified atom stereocenters. The lowest BCUT2D eigenvalue weighted by molar-refractivity contribution is 0.617. The molecule has 1 N–H and O–H groups in total. The van der Waals surface area contributed by atoms with Crippen molar-refractivity contribution in [2.45, 2.75) is 6.92 Å². The van der Waals surface area contributed by atoms with Gasteiger partial charge in [-0.15, -0.1) is 0 Å². The lowest BCUT2D eigenvalue weighted by atomic mass is 10.2. The van der Waals surface area contributed by atoms with Gasteiger partial charge in [-0.25, -0.2) is 8.78 Å². The van der Waals surface area contributed by atoms with E-state index < -0.39 is 0 Å². The van der Waals surface area contributed by atoms with Gasteiger partial charge in [0.15, 0.2) is 4.77 Å². The maximum Gasteiger partial charge on any atom is 0.182 e. The highest BCUT2D eigenvalue weighted by Crippen LogP contribution is 2.22. The first-order valence-electron chi connectivity index (χ1n) is 5.73. The van der Waals surface area contributed by atoms with E-state index >= 15 is 0 Å². The van der Waals surface area contributed by atoms with Gasteiger partial charge in [0.25, 0.3) is 0 Å². The molecule has 0 fully saturated rings. The van der Waals surface area contributed by atoms with Crippen LogP contribution in [0.5, 0.6) is 0 Å². The average Bonchev–Trinajstić information content (AvgIpc) is 2.71. The molecule has 0 aliphatic rings. The Morgan fingerprint density at radius 2 is 1.89 bits per heavy atom. The van der Waals surface area contributed by atoms with Crippen molar-refractivity contribution >= 4 is 23.3 Å². The van der Waals surface area contributed by atoms with E-state index in [0.29, 0.717) is 27.1 Å². The standard InChI is InChI=1S/C14H10F2N2S/c1-8-5-6-9(7-11(8)16)18-12-4-2-3-10(15)13(12)17-14(18)19/h2-7H,1H3,(H,17,19). The molecule has 0 saturated heterocycles. The minimum absolute atomic E-state index is 0.315. The summed E-state index contributed by atoms with van der Waals surface area (Å²) in [7, 11) is 0. The Bertz CT molecular complexity index is 833. The zero-order chi connectivity index (χ0) is 13.6. The smallest absolute Gasteiger partial charge is 0.182 e. The fourth-order valence-electron chi connectivity index (χ4n) is 2.07. The van der Waals surface area contributed by atoms with Crippen LogP contribution in [0.2, 0.25) is 0 Å². The lowest BCUT2D eigenvalue weighted by Crippen LogP contribution is -1.96. The minimum Gasteiger partial charge on any atom is -0.328 e. The number of hydrogen-bond acceptors (Lipinski definition) is 1. The maximum absolute atomic E-state index is 13.7. The number of para-hydroxylation sites is 1. The van der Waals surface area contributed by atoms with Crippen LogP contribution >= 0.6 is 12.2 Å². The number of hydrogen-bond donors (Lipinski definition) is 1. The number of halogens is 2. The van der Waals surface area contributed by atoms with E-state index in [0.717, 1.165) is 0 Å². The SMILES string of the molecule is Cc1ccc(-n2c(=S)[nH]c3c(F)cccc32)cc1F. The van der Waals surface area contributed by atoms with Crippen molar-refractivity contribution in [2.24, 2.45) is 0 Å². The van der Waals surface area contributed by atoms with Crippen LogP contribution in [-0.4, -0.2) is 9.55 Å². The summed E-state index contributed by atoms with van der Waals surface area (Å²) in [6.07, 6.45) is 0. The Kier molecular flexibility index (Phi) is 2.71. The highest BCUT2D eigenvalue weighted by molar-refractivity contribution is 7.71. The molecule has 5 heteroatoms. The van der Waals surface area contributed by atoms with Crippen LogP contribution in [0.3, 0.4) is 0 Å². The van der Waals surface area contributed by atoms with Crippen LogP contribution in [0, 0.1) is 23.3 Å². The third kappa shape index (κ3) is 1.86. The van der Waals surface area contributed by atoms with E-state index in [4.69, 9.17) is 12.2 Å². The highest BCUT2D eigenvalue weighted by Gasteiger charge is 2.10. The topological polar surface area (TPSA) is 20.7 Å². The van der Waals surface area contributed by atoms with E-state index in [1.165, 1.54) is 12.1 Å². The molecule has 96 valence electrons. The van der Waals surface area contributed by atoms with Crippen LogP contribution in [0.25, 0.3) is 16.7 Å². The Hall–Kier alpha value is -2.01. The number of nitrogens with one attached hydrogen (secondary N) is 1. The second-order valence-corrected chi connectivity index (χ2v) is 4.72. The van der Waals surface area contributed by atoms with Crippen LogP contribution in [-0.2, 0) is 0 Å². The molecule has 0 saturated carbocycles. The van der Waals surface area contributed by atoms with E-state index in [1.807, 2.05) is 0 Å². The molecule has 0 aliphatic heterocycles. The van der Waals surface area contributed by atoms with E-state index in [1.54, 1.807) is 35.8 Å².